The van der Waals surface area contributed by atoms with Crippen LogP contribution in [0.1, 0.15) is 37.8 Å². The van der Waals surface area contributed by atoms with Crippen LogP contribution < -0.4 is 11.1 Å². The van der Waals surface area contributed by atoms with E-state index in [4.69, 9.17) is 17.3 Å². The number of hydrogen-bond donors (Lipinski definition) is 2. The molecule has 5 rings (SSSR count). The van der Waals surface area contributed by atoms with Crippen molar-refractivity contribution in [1.29, 1.82) is 0 Å². The van der Waals surface area contributed by atoms with E-state index in [0.29, 0.717) is 40.9 Å². The molecule has 4 aromatic rings. The predicted octanol–water partition coefficient (Wildman–Crippen LogP) is 5.18. The smallest absolute Gasteiger partial charge is 0.257 e. The highest BCUT2D eigenvalue weighted by atomic mass is 35.5. The topological polar surface area (TPSA) is 101 Å². The van der Waals surface area contributed by atoms with Gasteiger partial charge in [0.2, 0.25) is 0 Å². The fraction of sp³-hybridized carbons (Fsp3) is 0.143. The highest BCUT2D eigenvalue weighted by Crippen LogP contribution is 2.31. The number of carbonyl (C=O) groups is 2. The second-order valence-electron chi connectivity index (χ2n) is 8.82. The summed E-state index contributed by atoms with van der Waals surface area (Å²) in [5.74, 6) is 0.405. The van der Waals surface area contributed by atoms with E-state index in [0.717, 1.165) is 16.7 Å². The van der Waals surface area contributed by atoms with Crippen LogP contribution in [0.5, 0.6) is 0 Å². The standard InChI is InChI=1S/C28H24ClN5O2/c1-17-4-5-20(13-24(17)33-27(35)21-10-11-25(29)32-14-21)28(36)34-15-22(16-34)18-6-8-19(9-7-18)23-3-2-12-31-26(23)30/h2-14,22H,15-16H2,1H3,(H2,30,31)(H,33,35). The van der Waals surface area contributed by atoms with Crippen molar-refractivity contribution in [3.05, 3.63) is 107 Å². The maximum Gasteiger partial charge on any atom is 0.257 e. The first kappa shape index (κ1) is 23.5. The molecule has 0 bridgehead atoms. The molecule has 36 heavy (non-hydrogen) atoms. The van der Waals surface area contributed by atoms with E-state index in [1.165, 1.54) is 11.8 Å². The summed E-state index contributed by atoms with van der Waals surface area (Å²) in [5, 5.41) is 3.18. The van der Waals surface area contributed by atoms with Gasteiger partial charge in [0, 0.05) is 48.2 Å². The van der Waals surface area contributed by atoms with E-state index in [1.807, 2.05) is 42.2 Å². The minimum absolute atomic E-state index is 0.0605. The van der Waals surface area contributed by atoms with Gasteiger partial charge >= 0.3 is 0 Å². The zero-order valence-electron chi connectivity index (χ0n) is 19.6. The van der Waals surface area contributed by atoms with E-state index in [9.17, 15) is 9.59 Å². The van der Waals surface area contributed by atoms with Gasteiger partial charge in [-0.3, -0.25) is 9.59 Å². The number of nitrogens with two attached hydrogens (primary N) is 1. The van der Waals surface area contributed by atoms with Crippen LogP contribution in [0, 0.1) is 6.92 Å². The lowest BCUT2D eigenvalue weighted by molar-refractivity contribution is 0.0602. The molecule has 2 aromatic heterocycles. The van der Waals surface area contributed by atoms with E-state index in [2.05, 4.69) is 27.4 Å². The van der Waals surface area contributed by atoms with Crippen molar-refractivity contribution in [1.82, 2.24) is 14.9 Å². The number of nitrogen functional groups attached to an aromatic ring is 1. The number of nitrogens with zero attached hydrogens (tertiary/aromatic N) is 3. The largest absolute Gasteiger partial charge is 0.383 e. The SMILES string of the molecule is Cc1ccc(C(=O)N2CC(c3ccc(-c4cccnc4N)cc3)C2)cc1NC(=O)c1ccc(Cl)nc1. The molecule has 1 aliphatic rings. The zero-order valence-corrected chi connectivity index (χ0v) is 20.4. The Morgan fingerprint density at radius 3 is 2.44 bits per heavy atom. The van der Waals surface area contributed by atoms with Crippen molar-refractivity contribution in [2.75, 3.05) is 24.1 Å². The van der Waals surface area contributed by atoms with Crippen LogP contribution in [0.25, 0.3) is 11.1 Å². The maximum atomic E-state index is 13.1. The van der Waals surface area contributed by atoms with Gasteiger partial charge < -0.3 is 16.0 Å². The van der Waals surface area contributed by atoms with Gasteiger partial charge in [-0.15, -0.1) is 0 Å². The normalized spacial score (nSPS) is 13.2. The second-order valence-corrected chi connectivity index (χ2v) is 9.21. The zero-order chi connectivity index (χ0) is 25.2. The molecular weight excluding hydrogens is 474 g/mol. The number of benzene rings is 2. The Balaban J connectivity index is 1.23. The Morgan fingerprint density at radius 1 is 1.00 bits per heavy atom. The molecule has 0 saturated carbocycles. The average molecular weight is 498 g/mol. The predicted molar refractivity (Wildman–Crippen MR) is 141 cm³/mol. The van der Waals surface area contributed by atoms with Crippen LogP contribution in [0.3, 0.4) is 0 Å². The first-order valence-electron chi connectivity index (χ1n) is 11.5. The van der Waals surface area contributed by atoms with Gasteiger partial charge in [0.15, 0.2) is 0 Å². The van der Waals surface area contributed by atoms with Crippen molar-refractivity contribution in [2.45, 2.75) is 12.8 Å². The molecule has 3 N–H and O–H groups in total. The number of nitrogens with one attached hydrogen (secondary N) is 1. The molecule has 1 aliphatic heterocycles. The third kappa shape index (κ3) is 4.78. The van der Waals surface area contributed by atoms with Crippen molar-refractivity contribution < 1.29 is 9.59 Å². The van der Waals surface area contributed by atoms with Crippen LogP contribution in [-0.4, -0.2) is 39.8 Å². The lowest BCUT2D eigenvalue weighted by atomic mass is 9.89. The van der Waals surface area contributed by atoms with E-state index >= 15 is 0 Å². The molecule has 7 nitrogen and oxygen atoms in total. The number of hydrogen-bond acceptors (Lipinski definition) is 5. The first-order chi connectivity index (χ1) is 17.4. The number of carbonyl (C=O) groups excluding carboxylic acids is 2. The maximum absolute atomic E-state index is 13.1. The van der Waals surface area contributed by atoms with E-state index in [-0.39, 0.29) is 17.7 Å². The van der Waals surface area contributed by atoms with Crippen LogP contribution in [-0.2, 0) is 0 Å². The number of amides is 2. The molecule has 0 radical (unpaired) electrons. The van der Waals surface area contributed by atoms with Gasteiger partial charge in [-0.1, -0.05) is 41.9 Å². The van der Waals surface area contributed by atoms with Gasteiger partial charge in [-0.25, -0.2) is 9.97 Å². The Kier molecular flexibility index (Phi) is 6.40. The van der Waals surface area contributed by atoms with Crippen molar-refractivity contribution in [3.63, 3.8) is 0 Å². The Bertz CT molecular complexity index is 1430. The second kappa shape index (κ2) is 9.79. The van der Waals surface area contributed by atoms with Crippen LogP contribution in [0.2, 0.25) is 5.15 Å². The Morgan fingerprint density at radius 2 is 1.75 bits per heavy atom. The van der Waals surface area contributed by atoms with Gasteiger partial charge in [0.25, 0.3) is 11.8 Å². The number of likely N-dealkylation sites (tertiary alicyclic amines) is 1. The van der Waals surface area contributed by atoms with Gasteiger partial charge in [-0.2, -0.15) is 0 Å². The molecule has 180 valence electrons. The summed E-state index contributed by atoms with van der Waals surface area (Å²) >= 11 is 5.80. The molecular formula is C28H24ClN5O2. The lowest BCUT2D eigenvalue weighted by Gasteiger charge is -2.39. The van der Waals surface area contributed by atoms with E-state index < -0.39 is 0 Å². The number of aryl methyl sites for hydroxylation is 1. The highest BCUT2D eigenvalue weighted by molar-refractivity contribution is 6.29. The number of anilines is 2. The van der Waals surface area contributed by atoms with Gasteiger partial charge in [0.1, 0.15) is 11.0 Å². The molecule has 3 heterocycles. The van der Waals surface area contributed by atoms with Crippen LogP contribution in [0.15, 0.2) is 79.1 Å². The van der Waals surface area contributed by atoms with Gasteiger partial charge in [0.05, 0.1) is 5.56 Å². The van der Waals surface area contributed by atoms with E-state index in [1.54, 1.807) is 30.5 Å². The fourth-order valence-corrected chi connectivity index (χ4v) is 4.34. The number of pyridine rings is 2. The van der Waals surface area contributed by atoms with Crippen LogP contribution in [0.4, 0.5) is 11.5 Å². The lowest BCUT2D eigenvalue weighted by Crippen LogP contribution is -2.48. The summed E-state index contributed by atoms with van der Waals surface area (Å²) in [7, 11) is 0. The molecule has 1 saturated heterocycles. The molecule has 0 aliphatic carbocycles. The van der Waals surface area contributed by atoms with Crippen LogP contribution >= 0.6 is 11.6 Å². The number of aromatic nitrogens is 2. The van der Waals surface area contributed by atoms with Crippen molar-refractivity contribution in [2.24, 2.45) is 0 Å². The molecule has 8 heteroatoms. The summed E-state index contributed by atoms with van der Waals surface area (Å²) in [6.45, 7) is 3.16. The minimum atomic E-state index is -0.313. The van der Waals surface area contributed by atoms with Gasteiger partial charge in [-0.05, 0) is 60.0 Å². The quantitative estimate of drug-likeness (QED) is 0.370. The number of rotatable bonds is 5. The highest BCUT2D eigenvalue weighted by Gasteiger charge is 2.32. The van der Waals surface area contributed by atoms with Crippen molar-refractivity contribution >= 4 is 34.9 Å². The van der Waals surface area contributed by atoms with Crippen molar-refractivity contribution in [3.8, 4) is 11.1 Å². The monoisotopic (exact) mass is 497 g/mol. The molecule has 0 spiro atoms. The summed E-state index contributed by atoms with van der Waals surface area (Å²) < 4.78 is 0. The molecule has 2 amide bonds. The number of halogens is 1. The Hall–Kier alpha value is -4.23. The average Bonchev–Trinajstić information content (AvgIpc) is 2.85. The molecule has 0 atom stereocenters. The Labute approximate surface area is 214 Å². The molecule has 1 fully saturated rings. The molecule has 2 aromatic carbocycles. The summed E-state index contributed by atoms with van der Waals surface area (Å²) in [6.07, 6.45) is 3.09. The fourth-order valence-electron chi connectivity index (χ4n) is 4.23. The summed E-state index contributed by atoms with van der Waals surface area (Å²) in [4.78, 5) is 35.6. The summed E-state index contributed by atoms with van der Waals surface area (Å²) in [5.41, 5.74) is 11.5. The first-order valence-corrected chi connectivity index (χ1v) is 11.9. The molecule has 0 unspecified atom stereocenters. The minimum Gasteiger partial charge on any atom is -0.383 e. The third-order valence-electron chi connectivity index (χ3n) is 6.42. The summed E-state index contributed by atoms with van der Waals surface area (Å²) in [6, 6.07) is 20.6. The third-order valence-corrected chi connectivity index (χ3v) is 6.65.